The molecule has 0 aromatic rings. The molecule has 3 heteroatoms. The van der Waals surface area contributed by atoms with Gasteiger partial charge in [0.05, 0.1) is 0 Å². The summed E-state index contributed by atoms with van der Waals surface area (Å²) in [7, 11) is 0. The summed E-state index contributed by atoms with van der Waals surface area (Å²) in [6.07, 6.45) is 3.71. The molecule has 0 atom stereocenters. The zero-order chi connectivity index (χ0) is 10.3. The van der Waals surface area contributed by atoms with E-state index in [2.05, 4.69) is 6.92 Å². The lowest BCUT2D eigenvalue weighted by molar-refractivity contribution is 0.130. The van der Waals surface area contributed by atoms with Crippen molar-refractivity contribution in [1.29, 1.82) is 0 Å². The molecule has 0 saturated carbocycles. The zero-order valence-corrected chi connectivity index (χ0v) is 8.92. The van der Waals surface area contributed by atoms with Crippen LogP contribution in [0, 0.1) is 0 Å². The first kappa shape index (κ1) is 12.3. The van der Waals surface area contributed by atoms with E-state index < -0.39 is 6.09 Å². The van der Waals surface area contributed by atoms with Gasteiger partial charge in [0.25, 0.3) is 0 Å². The molecule has 0 aliphatic rings. The van der Waals surface area contributed by atoms with E-state index in [0.717, 1.165) is 12.8 Å². The maximum atomic E-state index is 10.7. The van der Waals surface area contributed by atoms with Gasteiger partial charge < -0.3 is 10.0 Å². The Bertz CT molecular complexity index is 146. The fourth-order valence-electron chi connectivity index (χ4n) is 1.28. The number of rotatable bonds is 6. The fraction of sp³-hybridized carbons (Fsp3) is 0.900. The maximum Gasteiger partial charge on any atom is 0.407 e. The Kier molecular flexibility index (Phi) is 6.37. The third-order valence-corrected chi connectivity index (χ3v) is 2.12. The van der Waals surface area contributed by atoms with Gasteiger partial charge in [-0.15, -0.1) is 0 Å². The molecule has 0 radical (unpaired) electrons. The SMILES string of the molecule is CCCCCCN(C(=O)O)C(C)C. The van der Waals surface area contributed by atoms with Crippen LogP contribution in [0.15, 0.2) is 0 Å². The van der Waals surface area contributed by atoms with Crippen LogP contribution in [0.25, 0.3) is 0 Å². The summed E-state index contributed by atoms with van der Waals surface area (Å²) in [5, 5.41) is 8.83. The summed E-state index contributed by atoms with van der Waals surface area (Å²) < 4.78 is 0. The van der Waals surface area contributed by atoms with Gasteiger partial charge in [-0.2, -0.15) is 0 Å². The lowest BCUT2D eigenvalue weighted by Crippen LogP contribution is -2.36. The number of amides is 1. The molecule has 1 N–H and O–H groups in total. The highest BCUT2D eigenvalue weighted by molar-refractivity contribution is 5.65. The molecule has 0 saturated heterocycles. The van der Waals surface area contributed by atoms with E-state index in [-0.39, 0.29) is 6.04 Å². The summed E-state index contributed by atoms with van der Waals surface area (Å²) in [6.45, 7) is 6.65. The number of carboxylic acid groups (broad SMARTS) is 1. The monoisotopic (exact) mass is 187 g/mol. The van der Waals surface area contributed by atoms with Crippen LogP contribution in [-0.4, -0.2) is 28.7 Å². The van der Waals surface area contributed by atoms with E-state index in [1.807, 2.05) is 13.8 Å². The second-order valence-corrected chi connectivity index (χ2v) is 3.63. The first-order chi connectivity index (χ1) is 6.09. The number of nitrogens with zero attached hydrogens (tertiary/aromatic N) is 1. The Morgan fingerprint density at radius 1 is 1.31 bits per heavy atom. The van der Waals surface area contributed by atoms with Crippen molar-refractivity contribution in [2.45, 2.75) is 52.5 Å². The zero-order valence-electron chi connectivity index (χ0n) is 8.92. The van der Waals surface area contributed by atoms with E-state index in [1.165, 1.54) is 17.7 Å². The Morgan fingerprint density at radius 2 is 1.92 bits per heavy atom. The standard InChI is InChI=1S/C10H21NO2/c1-4-5-6-7-8-11(9(2)3)10(12)13/h9H,4-8H2,1-3H3,(H,12,13). The van der Waals surface area contributed by atoms with E-state index in [1.54, 1.807) is 0 Å². The molecule has 0 rings (SSSR count). The van der Waals surface area contributed by atoms with Gasteiger partial charge in [0.15, 0.2) is 0 Å². The highest BCUT2D eigenvalue weighted by atomic mass is 16.4. The van der Waals surface area contributed by atoms with Gasteiger partial charge in [-0.25, -0.2) is 4.79 Å². The topological polar surface area (TPSA) is 40.5 Å². The first-order valence-electron chi connectivity index (χ1n) is 5.09. The highest BCUT2D eigenvalue weighted by Crippen LogP contribution is 2.04. The molecule has 0 bridgehead atoms. The Labute approximate surface area is 80.7 Å². The predicted octanol–water partition coefficient (Wildman–Crippen LogP) is 2.96. The smallest absolute Gasteiger partial charge is 0.407 e. The minimum Gasteiger partial charge on any atom is -0.465 e. The van der Waals surface area contributed by atoms with Crippen molar-refractivity contribution in [2.24, 2.45) is 0 Å². The van der Waals surface area contributed by atoms with Crippen molar-refractivity contribution in [3.05, 3.63) is 0 Å². The number of hydrogen-bond acceptors (Lipinski definition) is 1. The van der Waals surface area contributed by atoms with Crippen LogP contribution >= 0.6 is 0 Å². The van der Waals surface area contributed by atoms with Crippen molar-refractivity contribution in [2.75, 3.05) is 6.54 Å². The molecule has 0 heterocycles. The van der Waals surface area contributed by atoms with E-state index in [0.29, 0.717) is 6.54 Å². The molecule has 0 aliphatic heterocycles. The van der Waals surface area contributed by atoms with Gasteiger partial charge in [-0.3, -0.25) is 0 Å². The normalized spacial score (nSPS) is 10.5. The minimum absolute atomic E-state index is 0.0964. The largest absolute Gasteiger partial charge is 0.465 e. The minimum atomic E-state index is -0.800. The second kappa shape index (κ2) is 6.75. The van der Waals surface area contributed by atoms with Crippen LogP contribution in [-0.2, 0) is 0 Å². The average molecular weight is 187 g/mol. The molecule has 0 fully saturated rings. The summed E-state index contributed by atoms with van der Waals surface area (Å²) >= 11 is 0. The third kappa shape index (κ3) is 5.50. The van der Waals surface area contributed by atoms with Crippen molar-refractivity contribution >= 4 is 6.09 Å². The molecule has 0 aliphatic carbocycles. The van der Waals surface area contributed by atoms with Crippen molar-refractivity contribution in [3.63, 3.8) is 0 Å². The van der Waals surface area contributed by atoms with Crippen molar-refractivity contribution in [1.82, 2.24) is 4.90 Å². The Balaban J connectivity index is 3.64. The lowest BCUT2D eigenvalue weighted by Gasteiger charge is -2.23. The lowest BCUT2D eigenvalue weighted by atomic mass is 10.2. The van der Waals surface area contributed by atoms with E-state index >= 15 is 0 Å². The average Bonchev–Trinajstić information content (AvgIpc) is 2.02. The number of hydrogen-bond donors (Lipinski definition) is 1. The highest BCUT2D eigenvalue weighted by Gasteiger charge is 2.13. The predicted molar refractivity (Wildman–Crippen MR) is 54.0 cm³/mol. The molecule has 1 amide bonds. The first-order valence-corrected chi connectivity index (χ1v) is 5.09. The maximum absolute atomic E-state index is 10.7. The van der Waals surface area contributed by atoms with Gasteiger partial charge >= 0.3 is 6.09 Å². The van der Waals surface area contributed by atoms with E-state index in [4.69, 9.17) is 5.11 Å². The summed E-state index contributed by atoms with van der Waals surface area (Å²) in [5.74, 6) is 0. The number of carbonyl (C=O) groups is 1. The number of unbranched alkanes of at least 4 members (excludes halogenated alkanes) is 3. The van der Waals surface area contributed by atoms with E-state index in [9.17, 15) is 4.79 Å². The molecular weight excluding hydrogens is 166 g/mol. The third-order valence-electron chi connectivity index (χ3n) is 2.12. The van der Waals surface area contributed by atoms with Crippen LogP contribution in [0.1, 0.15) is 46.5 Å². The molecule has 0 aromatic carbocycles. The van der Waals surface area contributed by atoms with Crippen LogP contribution in [0.4, 0.5) is 4.79 Å². The van der Waals surface area contributed by atoms with Gasteiger partial charge in [0, 0.05) is 12.6 Å². The van der Waals surface area contributed by atoms with Gasteiger partial charge in [-0.05, 0) is 20.3 Å². The summed E-state index contributed by atoms with van der Waals surface area (Å²) in [6, 6.07) is 0.0964. The van der Waals surface area contributed by atoms with Crippen molar-refractivity contribution < 1.29 is 9.90 Å². The molecule has 13 heavy (non-hydrogen) atoms. The van der Waals surface area contributed by atoms with Crippen molar-refractivity contribution in [3.8, 4) is 0 Å². The quantitative estimate of drug-likeness (QED) is 0.649. The molecule has 78 valence electrons. The van der Waals surface area contributed by atoms with Crippen LogP contribution in [0.3, 0.4) is 0 Å². The van der Waals surface area contributed by atoms with Crippen LogP contribution in [0.5, 0.6) is 0 Å². The van der Waals surface area contributed by atoms with Gasteiger partial charge in [-0.1, -0.05) is 26.2 Å². The Morgan fingerprint density at radius 3 is 2.31 bits per heavy atom. The van der Waals surface area contributed by atoms with Crippen LogP contribution < -0.4 is 0 Å². The molecular formula is C10H21NO2. The molecule has 3 nitrogen and oxygen atoms in total. The molecule has 0 spiro atoms. The summed E-state index contributed by atoms with van der Waals surface area (Å²) in [4.78, 5) is 12.2. The second-order valence-electron chi connectivity index (χ2n) is 3.63. The molecule has 0 aromatic heterocycles. The van der Waals surface area contributed by atoms with Gasteiger partial charge in [0.2, 0.25) is 0 Å². The Hall–Kier alpha value is -0.730. The van der Waals surface area contributed by atoms with Gasteiger partial charge in [0.1, 0.15) is 0 Å². The van der Waals surface area contributed by atoms with Crippen LogP contribution in [0.2, 0.25) is 0 Å². The fourth-order valence-corrected chi connectivity index (χ4v) is 1.28. The molecule has 0 unspecified atom stereocenters. The summed E-state index contributed by atoms with van der Waals surface area (Å²) in [5.41, 5.74) is 0.